The maximum Gasteiger partial charge on any atom is 0.310 e. The van der Waals surface area contributed by atoms with Gasteiger partial charge < -0.3 is 10.0 Å². The van der Waals surface area contributed by atoms with Gasteiger partial charge in [0.1, 0.15) is 12.2 Å². The molecule has 15 heavy (non-hydrogen) atoms. The van der Waals surface area contributed by atoms with Crippen LogP contribution in [0, 0.1) is 5.92 Å². The lowest BCUT2D eigenvalue weighted by Gasteiger charge is -2.14. The Morgan fingerprint density at radius 3 is 2.13 bits per heavy atom. The van der Waals surface area contributed by atoms with Gasteiger partial charge in [0.25, 0.3) is 0 Å². The highest BCUT2D eigenvalue weighted by atomic mass is 16.4. The van der Waals surface area contributed by atoms with Crippen LogP contribution in [0.5, 0.6) is 0 Å². The van der Waals surface area contributed by atoms with Gasteiger partial charge in [0, 0.05) is 26.9 Å². The maximum atomic E-state index is 11.3. The zero-order valence-corrected chi connectivity index (χ0v) is 9.32. The Morgan fingerprint density at radius 2 is 1.73 bits per heavy atom. The van der Waals surface area contributed by atoms with E-state index in [0.717, 1.165) is 0 Å². The Kier molecular flexibility index (Phi) is 5.59. The first-order valence-corrected chi connectivity index (χ1v) is 4.76. The SMILES string of the molecule is C[C@@H](CC(=O)CC(=O)O)CC(=O)N(C)C. The van der Waals surface area contributed by atoms with Crippen LogP contribution in [0.15, 0.2) is 0 Å². The first-order valence-electron chi connectivity index (χ1n) is 4.76. The summed E-state index contributed by atoms with van der Waals surface area (Å²) >= 11 is 0. The number of amides is 1. The van der Waals surface area contributed by atoms with Crippen LogP contribution >= 0.6 is 0 Å². The predicted octanol–water partition coefficient (Wildman–Crippen LogP) is 0.535. The molecule has 0 fully saturated rings. The van der Waals surface area contributed by atoms with Crippen LogP contribution in [-0.2, 0) is 14.4 Å². The molecular weight excluding hydrogens is 198 g/mol. The molecule has 1 N–H and O–H groups in total. The lowest BCUT2D eigenvalue weighted by atomic mass is 9.99. The van der Waals surface area contributed by atoms with Crippen LogP contribution in [0.2, 0.25) is 0 Å². The Hall–Kier alpha value is -1.39. The third-order valence-corrected chi connectivity index (χ3v) is 1.95. The third-order valence-electron chi connectivity index (χ3n) is 1.95. The summed E-state index contributed by atoms with van der Waals surface area (Å²) < 4.78 is 0. The summed E-state index contributed by atoms with van der Waals surface area (Å²) in [5.74, 6) is -1.61. The summed E-state index contributed by atoms with van der Waals surface area (Å²) in [6.07, 6.45) is -0.0370. The molecule has 0 aromatic rings. The van der Waals surface area contributed by atoms with Gasteiger partial charge in [-0.25, -0.2) is 0 Å². The van der Waals surface area contributed by atoms with Crippen LogP contribution in [0.1, 0.15) is 26.2 Å². The fourth-order valence-electron chi connectivity index (χ4n) is 1.18. The van der Waals surface area contributed by atoms with Crippen LogP contribution in [0.3, 0.4) is 0 Å². The molecule has 0 aliphatic rings. The smallest absolute Gasteiger partial charge is 0.310 e. The van der Waals surface area contributed by atoms with E-state index in [4.69, 9.17) is 5.11 Å². The van der Waals surface area contributed by atoms with E-state index in [0.29, 0.717) is 0 Å². The summed E-state index contributed by atoms with van der Waals surface area (Å²) in [6.45, 7) is 1.77. The molecule has 0 saturated carbocycles. The topological polar surface area (TPSA) is 74.7 Å². The van der Waals surface area contributed by atoms with Gasteiger partial charge in [0.15, 0.2) is 0 Å². The first kappa shape index (κ1) is 13.6. The number of ketones is 1. The van der Waals surface area contributed by atoms with E-state index >= 15 is 0 Å². The summed E-state index contributed by atoms with van der Waals surface area (Å²) in [5.41, 5.74) is 0. The molecule has 0 aliphatic carbocycles. The van der Waals surface area contributed by atoms with Gasteiger partial charge in [-0.1, -0.05) is 6.92 Å². The van der Waals surface area contributed by atoms with Crippen molar-refractivity contribution in [2.75, 3.05) is 14.1 Å². The van der Waals surface area contributed by atoms with Gasteiger partial charge in [0.05, 0.1) is 0 Å². The molecule has 0 unspecified atom stereocenters. The van der Waals surface area contributed by atoms with E-state index in [-0.39, 0.29) is 30.4 Å². The Bertz CT molecular complexity index is 260. The van der Waals surface area contributed by atoms with Crippen molar-refractivity contribution in [3.63, 3.8) is 0 Å². The molecule has 0 heterocycles. The number of carboxylic acid groups (broad SMARTS) is 1. The number of aliphatic carboxylic acids is 1. The van der Waals surface area contributed by atoms with Crippen molar-refractivity contribution in [3.8, 4) is 0 Å². The van der Waals surface area contributed by atoms with E-state index in [1.807, 2.05) is 0 Å². The molecule has 0 saturated heterocycles. The average Bonchev–Trinajstić information content (AvgIpc) is 2.00. The van der Waals surface area contributed by atoms with Gasteiger partial charge in [-0.2, -0.15) is 0 Å². The Morgan fingerprint density at radius 1 is 1.20 bits per heavy atom. The average molecular weight is 215 g/mol. The minimum atomic E-state index is -1.12. The van der Waals surface area contributed by atoms with Gasteiger partial charge in [-0.3, -0.25) is 14.4 Å². The summed E-state index contributed by atoms with van der Waals surface area (Å²) in [6, 6.07) is 0. The van der Waals surface area contributed by atoms with Crippen molar-refractivity contribution in [1.82, 2.24) is 4.90 Å². The molecule has 0 aromatic heterocycles. The molecule has 0 bridgehead atoms. The summed E-state index contributed by atoms with van der Waals surface area (Å²) in [5, 5.41) is 8.37. The van der Waals surface area contributed by atoms with Gasteiger partial charge >= 0.3 is 5.97 Å². The number of rotatable bonds is 6. The molecule has 5 heteroatoms. The molecule has 5 nitrogen and oxygen atoms in total. The molecule has 86 valence electrons. The number of Topliss-reactive ketones (excluding diaryl/α,β-unsaturated/α-hetero) is 1. The number of carbonyl (C=O) groups excluding carboxylic acids is 2. The lowest BCUT2D eigenvalue weighted by molar-refractivity contribution is -0.140. The second kappa shape index (κ2) is 6.16. The molecule has 1 amide bonds. The van der Waals surface area contributed by atoms with E-state index in [1.54, 1.807) is 21.0 Å². The first-order chi connectivity index (χ1) is 6.82. The van der Waals surface area contributed by atoms with Crippen molar-refractivity contribution in [2.24, 2.45) is 5.92 Å². The zero-order chi connectivity index (χ0) is 12.0. The maximum absolute atomic E-state index is 11.3. The second-order valence-electron chi connectivity index (χ2n) is 3.91. The number of carboxylic acids is 1. The molecule has 0 spiro atoms. The van der Waals surface area contributed by atoms with Crippen molar-refractivity contribution in [1.29, 1.82) is 0 Å². The van der Waals surface area contributed by atoms with E-state index in [2.05, 4.69) is 0 Å². The highest BCUT2D eigenvalue weighted by Gasteiger charge is 2.16. The number of nitrogens with zero attached hydrogens (tertiary/aromatic N) is 1. The number of carbonyl (C=O) groups is 3. The number of hydrogen-bond donors (Lipinski definition) is 1. The normalized spacial score (nSPS) is 11.9. The molecule has 0 radical (unpaired) electrons. The van der Waals surface area contributed by atoms with Crippen molar-refractivity contribution >= 4 is 17.7 Å². The minimum Gasteiger partial charge on any atom is -0.481 e. The molecule has 0 rings (SSSR count). The minimum absolute atomic E-state index is 0.0503. The van der Waals surface area contributed by atoms with Gasteiger partial charge in [-0.05, 0) is 5.92 Å². The van der Waals surface area contributed by atoms with Crippen molar-refractivity contribution < 1.29 is 19.5 Å². The van der Waals surface area contributed by atoms with E-state index in [1.165, 1.54) is 4.90 Å². The van der Waals surface area contributed by atoms with Gasteiger partial charge in [-0.15, -0.1) is 0 Å². The van der Waals surface area contributed by atoms with Crippen molar-refractivity contribution in [2.45, 2.75) is 26.2 Å². The monoisotopic (exact) mass is 215 g/mol. The lowest BCUT2D eigenvalue weighted by Crippen LogP contribution is -2.24. The highest BCUT2D eigenvalue weighted by Crippen LogP contribution is 2.10. The van der Waals surface area contributed by atoms with Crippen LogP contribution in [-0.4, -0.2) is 41.8 Å². The van der Waals surface area contributed by atoms with E-state index < -0.39 is 12.4 Å². The molecular formula is C10H17NO4. The van der Waals surface area contributed by atoms with Crippen LogP contribution < -0.4 is 0 Å². The van der Waals surface area contributed by atoms with Gasteiger partial charge in [0.2, 0.25) is 5.91 Å². The molecule has 1 atom stereocenters. The summed E-state index contributed by atoms with van der Waals surface area (Å²) in [4.78, 5) is 34.0. The highest BCUT2D eigenvalue weighted by molar-refractivity contribution is 5.94. The zero-order valence-electron chi connectivity index (χ0n) is 9.32. The Labute approximate surface area is 89.1 Å². The fourth-order valence-corrected chi connectivity index (χ4v) is 1.18. The number of hydrogen-bond acceptors (Lipinski definition) is 3. The second-order valence-corrected chi connectivity index (χ2v) is 3.91. The largest absolute Gasteiger partial charge is 0.481 e. The third kappa shape index (κ3) is 6.65. The standard InChI is InChI=1S/C10H17NO4/c1-7(5-9(13)11(2)3)4-8(12)6-10(14)15/h7H,4-6H2,1-3H3,(H,14,15)/t7-/m0/s1. The molecule has 0 aromatic carbocycles. The fraction of sp³-hybridized carbons (Fsp3) is 0.700. The summed E-state index contributed by atoms with van der Waals surface area (Å²) in [7, 11) is 3.29. The quantitative estimate of drug-likeness (QED) is 0.656. The Balaban J connectivity index is 3.93. The molecule has 0 aliphatic heterocycles. The van der Waals surface area contributed by atoms with Crippen molar-refractivity contribution in [3.05, 3.63) is 0 Å². The van der Waals surface area contributed by atoms with E-state index in [9.17, 15) is 14.4 Å². The van der Waals surface area contributed by atoms with Crippen LogP contribution in [0.4, 0.5) is 0 Å². The van der Waals surface area contributed by atoms with Crippen LogP contribution in [0.25, 0.3) is 0 Å². The predicted molar refractivity (Wildman–Crippen MR) is 54.4 cm³/mol.